The molecule has 98 valence electrons. The number of nitro groups is 1. The van der Waals surface area contributed by atoms with Crippen molar-refractivity contribution >= 4 is 17.5 Å². The predicted octanol–water partition coefficient (Wildman–Crippen LogP) is 1.95. The molecule has 0 aromatic carbocycles. The van der Waals surface area contributed by atoms with Crippen molar-refractivity contribution in [1.29, 1.82) is 0 Å². The van der Waals surface area contributed by atoms with Gasteiger partial charge in [-0.05, 0) is 25.7 Å². The fraction of sp³-hybridized carbons (Fsp3) is 0.636. The Bertz CT molecular complexity index is 471. The Morgan fingerprint density at radius 3 is 2.56 bits per heavy atom. The number of anilines is 2. The largest absolute Gasteiger partial charge is 0.361 e. The number of hydrogen-bond acceptors (Lipinski definition) is 6. The molecule has 2 rings (SSSR count). The zero-order valence-electron chi connectivity index (χ0n) is 10.7. The minimum Gasteiger partial charge on any atom is -0.361 e. The van der Waals surface area contributed by atoms with Gasteiger partial charge in [0.25, 0.3) is 0 Å². The molecule has 18 heavy (non-hydrogen) atoms. The van der Waals surface area contributed by atoms with Gasteiger partial charge < -0.3 is 10.6 Å². The molecule has 0 atom stereocenters. The minimum absolute atomic E-state index is 0.0337. The lowest BCUT2D eigenvalue weighted by atomic mass is 9.82. The maximum atomic E-state index is 11.1. The quantitative estimate of drug-likeness (QED) is 0.627. The summed E-state index contributed by atoms with van der Waals surface area (Å²) in [6, 6.07) is 0.276. The monoisotopic (exact) mass is 251 g/mol. The van der Waals surface area contributed by atoms with Gasteiger partial charge in [-0.15, -0.1) is 0 Å². The van der Waals surface area contributed by atoms with E-state index in [2.05, 4.69) is 27.5 Å². The maximum Gasteiger partial charge on any atom is 0.332 e. The van der Waals surface area contributed by atoms with Crippen LogP contribution in [-0.4, -0.2) is 28.0 Å². The van der Waals surface area contributed by atoms with E-state index >= 15 is 0 Å². The molecular formula is C11H17N5O2. The smallest absolute Gasteiger partial charge is 0.332 e. The van der Waals surface area contributed by atoms with Gasteiger partial charge in [-0.3, -0.25) is 10.1 Å². The Balaban J connectivity index is 2.30. The van der Waals surface area contributed by atoms with E-state index in [9.17, 15) is 10.1 Å². The first-order valence-corrected chi connectivity index (χ1v) is 5.98. The van der Waals surface area contributed by atoms with Crippen LogP contribution in [0.4, 0.5) is 17.5 Å². The Morgan fingerprint density at radius 2 is 2.06 bits per heavy atom. The topological polar surface area (TPSA) is 93.0 Å². The molecule has 2 N–H and O–H groups in total. The fourth-order valence-electron chi connectivity index (χ4n) is 2.21. The van der Waals surface area contributed by atoms with E-state index in [-0.39, 0.29) is 11.7 Å². The molecule has 1 saturated carbocycles. The lowest BCUT2D eigenvalue weighted by Crippen LogP contribution is -2.34. The van der Waals surface area contributed by atoms with Crippen LogP contribution in [0.2, 0.25) is 0 Å². The zero-order valence-corrected chi connectivity index (χ0v) is 10.7. The molecule has 1 aliphatic carbocycles. The van der Waals surface area contributed by atoms with E-state index in [4.69, 9.17) is 0 Å². The number of nitrogens with one attached hydrogen (secondary N) is 2. The van der Waals surface area contributed by atoms with Gasteiger partial charge in [-0.25, -0.2) is 4.98 Å². The zero-order chi connectivity index (χ0) is 13.3. The predicted molar refractivity (Wildman–Crippen MR) is 68.8 cm³/mol. The Labute approximate surface area is 105 Å². The molecule has 0 spiro atoms. The normalized spacial score (nSPS) is 22.2. The second-order valence-electron chi connectivity index (χ2n) is 4.75. The summed E-state index contributed by atoms with van der Waals surface area (Å²) in [5.74, 6) is 1.38. The second kappa shape index (κ2) is 4.75. The van der Waals surface area contributed by atoms with Gasteiger partial charge >= 0.3 is 5.69 Å². The first-order valence-electron chi connectivity index (χ1n) is 5.98. The van der Waals surface area contributed by atoms with Crippen LogP contribution < -0.4 is 10.6 Å². The van der Waals surface area contributed by atoms with Crippen molar-refractivity contribution < 1.29 is 4.92 Å². The summed E-state index contributed by atoms with van der Waals surface area (Å²) in [5.41, 5.74) is 0.336. The molecule has 0 unspecified atom stereocenters. The number of nitrogens with zero attached hydrogens (tertiary/aromatic N) is 3. The van der Waals surface area contributed by atoms with E-state index in [1.165, 1.54) is 0 Å². The molecule has 7 heteroatoms. The van der Waals surface area contributed by atoms with Crippen molar-refractivity contribution in [3.63, 3.8) is 0 Å². The number of rotatable bonds is 4. The molecule has 1 fully saturated rings. The van der Waals surface area contributed by atoms with Crippen LogP contribution in [0.15, 0.2) is 0 Å². The highest BCUT2D eigenvalue weighted by atomic mass is 16.6. The summed E-state index contributed by atoms with van der Waals surface area (Å²) in [7, 11) is 1.69. The molecule has 7 nitrogen and oxygen atoms in total. The van der Waals surface area contributed by atoms with E-state index in [0.717, 1.165) is 12.8 Å². The standard InChI is InChI=1S/C11H17N5O2/c1-6-4-8(5-6)14-10-9(16(17)18)7(2)13-11(12-3)15-10/h6,8H,4-5H2,1-3H3,(H2,12,13,14,15). The highest BCUT2D eigenvalue weighted by Gasteiger charge is 2.29. The van der Waals surface area contributed by atoms with Crippen molar-refractivity contribution in [2.24, 2.45) is 5.92 Å². The van der Waals surface area contributed by atoms with Crippen LogP contribution in [0, 0.1) is 23.0 Å². The van der Waals surface area contributed by atoms with Crippen LogP contribution in [0.5, 0.6) is 0 Å². The molecule has 0 aliphatic heterocycles. The average molecular weight is 251 g/mol. The van der Waals surface area contributed by atoms with Crippen molar-refractivity contribution in [2.45, 2.75) is 32.7 Å². The first kappa shape index (κ1) is 12.5. The third-order valence-electron chi connectivity index (χ3n) is 3.18. The summed E-state index contributed by atoms with van der Waals surface area (Å²) >= 11 is 0. The fourth-order valence-corrected chi connectivity index (χ4v) is 2.21. The third-order valence-corrected chi connectivity index (χ3v) is 3.18. The molecule has 1 heterocycles. The van der Waals surface area contributed by atoms with Gasteiger partial charge in [0, 0.05) is 13.1 Å². The minimum atomic E-state index is -0.431. The van der Waals surface area contributed by atoms with E-state index in [0.29, 0.717) is 23.4 Å². The highest BCUT2D eigenvalue weighted by molar-refractivity contribution is 5.61. The highest BCUT2D eigenvalue weighted by Crippen LogP contribution is 2.33. The van der Waals surface area contributed by atoms with Gasteiger partial charge in [-0.1, -0.05) is 6.92 Å². The molecule has 1 aliphatic rings. The summed E-state index contributed by atoms with van der Waals surface area (Å²) in [6.07, 6.45) is 2.05. The summed E-state index contributed by atoms with van der Waals surface area (Å²) in [5, 5.41) is 17.0. The molecule has 0 bridgehead atoms. The van der Waals surface area contributed by atoms with Crippen molar-refractivity contribution in [3.05, 3.63) is 15.8 Å². The summed E-state index contributed by atoms with van der Waals surface area (Å²) in [6.45, 7) is 3.78. The SMILES string of the molecule is CNc1nc(C)c([N+](=O)[O-])c(NC2CC(C)C2)n1. The van der Waals surface area contributed by atoms with Crippen LogP contribution in [0.25, 0.3) is 0 Å². The molecule has 0 radical (unpaired) electrons. The molecular weight excluding hydrogens is 234 g/mol. The second-order valence-corrected chi connectivity index (χ2v) is 4.75. The third kappa shape index (κ3) is 2.34. The van der Waals surface area contributed by atoms with E-state index in [1.807, 2.05) is 0 Å². The van der Waals surface area contributed by atoms with Crippen LogP contribution in [0.3, 0.4) is 0 Å². The summed E-state index contributed by atoms with van der Waals surface area (Å²) < 4.78 is 0. The number of aryl methyl sites for hydroxylation is 1. The van der Waals surface area contributed by atoms with Gasteiger partial charge in [0.05, 0.1) is 4.92 Å². The number of hydrogen-bond donors (Lipinski definition) is 2. The van der Waals surface area contributed by atoms with Crippen LogP contribution >= 0.6 is 0 Å². The Hall–Kier alpha value is -1.92. The van der Waals surface area contributed by atoms with Crippen molar-refractivity contribution in [2.75, 3.05) is 17.7 Å². The molecule has 1 aromatic rings. The van der Waals surface area contributed by atoms with Gasteiger partial charge in [0.15, 0.2) is 0 Å². The van der Waals surface area contributed by atoms with Gasteiger partial charge in [-0.2, -0.15) is 4.98 Å². The molecule has 0 amide bonds. The summed E-state index contributed by atoms with van der Waals surface area (Å²) in [4.78, 5) is 18.8. The van der Waals surface area contributed by atoms with Gasteiger partial charge in [0.1, 0.15) is 5.69 Å². The van der Waals surface area contributed by atoms with Gasteiger partial charge in [0.2, 0.25) is 11.8 Å². The van der Waals surface area contributed by atoms with Crippen LogP contribution in [-0.2, 0) is 0 Å². The Kier molecular flexibility index (Phi) is 3.31. The molecule has 1 aromatic heterocycles. The maximum absolute atomic E-state index is 11.1. The van der Waals surface area contributed by atoms with E-state index in [1.54, 1.807) is 14.0 Å². The first-order chi connectivity index (χ1) is 8.51. The average Bonchev–Trinajstić information content (AvgIpc) is 2.25. The lowest BCUT2D eigenvalue weighted by molar-refractivity contribution is -0.385. The van der Waals surface area contributed by atoms with E-state index < -0.39 is 4.92 Å². The van der Waals surface area contributed by atoms with Crippen molar-refractivity contribution in [1.82, 2.24) is 9.97 Å². The Morgan fingerprint density at radius 1 is 1.39 bits per heavy atom. The van der Waals surface area contributed by atoms with Crippen molar-refractivity contribution in [3.8, 4) is 0 Å². The number of aromatic nitrogens is 2. The molecule has 0 saturated heterocycles. The lowest BCUT2D eigenvalue weighted by Gasteiger charge is -2.33. The van der Waals surface area contributed by atoms with Crippen LogP contribution in [0.1, 0.15) is 25.5 Å².